The van der Waals surface area contributed by atoms with Crippen LogP contribution in [-0.4, -0.2) is 58.7 Å². The normalized spacial score (nSPS) is 20.0. The first-order valence-electron chi connectivity index (χ1n) is 10.3. The Balaban J connectivity index is 1.69. The number of nitrogens with one attached hydrogen (secondary N) is 2. The minimum absolute atomic E-state index is 0.0338. The van der Waals surface area contributed by atoms with Crippen LogP contribution >= 0.6 is 0 Å². The maximum atomic E-state index is 12.8. The summed E-state index contributed by atoms with van der Waals surface area (Å²) < 4.78 is 32.0. The van der Waals surface area contributed by atoms with Crippen LogP contribution in [0.25, 0.3) is 0 Å². The lowest BCUT2D eigenvalue weighted by atomic mass is 10.0. The second kappa shape index (κ2) is 8.45. The molecule has 1 aromatic heterocycles. The number of likely N-dealkylation sites (N-methyl/N-ethyl adjacent to an activating group) is 1. The van der Waals surface area contributed by atoms with Crippen molar-refractivity contribution in [1.29, 1.82) is 0 Å². The summed E-state index contributed by atoms with van der Waals surface area (Å²) in [6.45, 7) is 3.24. The summed E-state index contributed by atoms with van der Waals surface area (Å²) in [4.78, 5) is 21.6. The second-order valence-electron chi connectivity index (χ2n) is 7.72. The number of benzene rings is 1. The molecule has 0 saturated carbocycles. The van der Waals surface area contributed by atoms with Crippen molar-refractivity contribution in [3.05, 3.63) is 36.4 Å². The molecule has 2 N–H and O–H groups in total. The number of carbonyl (C=O) groups excluding carboxylic acids is 1. The van der Waals surface area contributed by atoms with Gasteiger partial charge in [0, 0.05) is 32.0 Å². The fourth-order valence-corrected chi connectivity index (χ4v) is 4.90. The van der Waals surface area contributed by atoms with Gasteiger partial charge in [0.2, 0.25) is 15.9 Å². The summed E-state index contributed by atoms with van der Waals surface area (Å²) in [5.74, 6) is 1.35. The smallest absolute Gasteiger partial charge is 0.249 e. The van der Waals surface area contributed by atoms with Crippen LogP contribution in [0.4, 0.5) is 23.0 Å². The van der Waals surface area contributed by atoms with Crippen molar-refractivity contribution in [3.8, 4) is 0 Å². The van der Waals surface area contributed by atoms with Gasteiger partial charge in [-0.15, -0.1) is 0 Å². The number of carbonyl (C=O) groups is 1. The van der Waals surface area contributed by atoms with Crippen molar-refractivity contribution in [2.45, 2.75) is 36.7 Å². The predicted octanol–water partition coefficient (Wildman–Crippen LogP) is 2.08. The standard InChI is InChI=1S/C21H27N5O4S/c1-14-21(27)25(3)18-7-8-19(24-20(18)26(14)16-9-11-30-12-10-16)23-15-5-4-6-17(13-15)31(28,29)22-2/h4-8,13-14,16,22H,9-12H2,1-3H3,(H,23,24)/t14-/m1/s1. The van der Waals surface area contributed by atoms with Crippen molar-refractivity contribution in [2.75, 3.05) is 42.4 Å². The third-order valence-corrected chi connectivity index (χ3v) is 7.25. The summed E-state index contributed by atoms with van der Waals surface area (Å²) in [5, 5.41) is 3.20. The van der Waals surface area contributed by atoms with Crippen molar-refractivity contribution < 1.29 is 17.9 Å². The average Bonchev–Trinajstić information content (AvgIpc) is 2.78. The van der Waals surface area contributed by atoms with Crippen molar-refractivity contribution in [3.63, 3.8) is 0 Å². The molecular formula is C21H27N5O4S. The Hall–Kier alpha value is -2.69. The molecule has 1 saturated heterocycles. The van der Waals surface area contributed by atoms with E-state index in [4.69, 9.17) is 9.72 Å². The van der Waals surface area contributed by atoms with E-state index in [2.05, 4.69) is 14.9 Å². The van der Waals surface area contributed by atoms with Crippen LogP contribution in [0.5, 0.6) is 0 Å². The minimum Gasteiger partial charge on any atom is -0.381 e. The van der Waals surface area contributed by atoms with Crippen LogP contribution in [0.3, 0.4) is 0 Å². The number of hydrogen-bond donors (Lipinski definition) is 2. The third-order valence-electron chi connectivity index (χ3n) is 5.84. The van der Waals surface area contributed by atoms with Crippen LogP contribution in [0.15, 0.2) is 41.3 Å². The van der Waals surface area contributed by atoms with Gasteiger partial charge in [-0.1, -0.05) is 6.07 Å². The Labute approximate surface area is 182 Å². The lowest BCUT2D eigenvalue weighted by Gasteiger charge is -2.44. The first-order valence-corrected chi connectivity index (χ1v) is 11.8. The highest BCUT2D eigenvalue weighted by molar-refractivity contribution is 7.89. The summed E-state index contributed by atoms with van der Waals surface area (Å²) in [6.07, 6.45) is 1.67. The molecule has 0 aliphatic carbocycles. The second-order valence-corrected chi connectivity index (χ2v) is 9.61. The van der Waals surface area contributed by atoms with Gasteiger partial charge in [0.1, 0.15) is 11.9 Å². The number of amides is 1. The highest BCUT2D eigenvalue weighted by Gasteiger charge is 2.39. The molecule has 2 aromatic rings. The molecule has 2 aliphatic rings. The summed E-state index contributed by atoms with van der Waals surface area (Å²) in [6, 6.07) is 10.1. The van der Waals surface area contributed by atoms with Gasteiger partial charge in [-0.3, -0.25) is 4.79 Å². The third kappa shape index (κ3) is 4.10. The highest BCUT2D eigenvalue weighted by Crippen LogP contribution is 2.38. The van der Waals surface area contributed by atoms with E-state index in [1.54, 1.807) is 36.2 Å². The van der Waals surface area contributed by atoms with Crippen LogP contribution in [0.2, 0.25) is 0 Å². The van der Waals surface area contributed by atoms with Gasteiger partial charge < -0.3 is 19.9 Å². The number of hydrogen-bond acceptors (Lipinski definition) is 7. The SMILES string of the molecule is CNS(=O)(=O)c1cccc(Nc2ccc3c(n2)N(C2CCOCC2)[C@H](C)C(=O)N3C)c1. The number of rotatable bonds is 5. The van der Waals surface area contributed by atoms with E-state index >= 15 is 0 Å². The molecule has 0 spiro atoms. The van der Waals surface area contributed by atoms with Gasteiger partial charge in [0.25, 0.3) is 0 Å². The molecule has 166 valence electrons. The minimum atomic E-state index is -3.55. The molecule has 9 nitrogen and oxygen atoms in total. The Morgan fingerprint density at radius 1 is 1.16 bits per heavy atom. The van der Waals surface area contributed by atoms with Crippen molar-refractivity contribution >= 4 is 38.9 Å². The Morgan fingerprint density at radius 3 is 2.61 bits per heavy atom. The van der Waals surface area contributed by atoms with Gasteiger partial charge in [-0.2, -0.15) is 0 Å². The van der Waals surface area contributed by atoms with Gasteiger partial charge in [0.05, 0.1) is 10.6 Å². The number of aromatic nitrogens is 1. The lowest BCUT2D eigenvalue weighted by Crippen LogP contribution is -2.56. The number of nitrogens with zero attached hydrogens (tertiary/aromatic N) is 3. The number of sulfonamides is 1. The molecule has 1 amide bonds. The molecule has 4 rings (SSSR count). The molecule has 0 bridgehead atoms. The molecule has 31 heavy (non-hydrogen) atoms. The first kappa shape index (κ1) is 21.5. The van der Waals surface area contributed by atoms with Crippen LogP contribution in [0, 0.1) is 0 Å². The summed E-state index contributed by atoms with van der Waals surface area (Å²) >= 11 is 0. The fraction of sp³-hybridized carbons (Fsp3) is 0.429. The quantitative estimate of drug-likeness (QED) is 0.726. The van der Waals surface area contributed by atoms with Gasteiger partial charge in [0.15, 0.2) is 5.82 Å². The zero-order valence-corrected chi connectivity index (χ0v) is 18.6. The maximum Gasteiger partial charge on any atom is 0.249 e. The number of pyridine rings is 1. The molecule has 1 aromatic carbocycles. The van der Waals surface area contributed by atoms with Crippen LogP contribution in [-0.2, 0) is 19.6 Å². The zero-order valence-electron chi connectivity index (χ0n) is 17.8. The monoisotopic (exact) mass is 445 g/mol. The van der Waals surface area contributed by atoms with E-state index < -0.39 is 10.0 Å². The molecule has 1 fully saturated rings. The number of ether oxygens (including phenoxy) is 1. The maximum absolute atomic E-state index is 12.8. The molecule has 1 atom stereocenters. The Kier molecular flexibility index (Phi) is 5.87. The Bertz CT molecular complexity index is 1080. The summed E-state index contributed by atoms with van der Waals surface area (Å²) in [5.41, 5.74) is 1.36. The molecule has 0 unspecified atom stereocenters. The zero-order chi connectivity index (χ0) is 22.2. The van der Waals surface area contributed by atoms with Crippen LogP contribution < -0.4 is 19.8 Å². The largest absolute Gasteiger partial charge is 0.381 e. The van der Waals surface area contributed by atoms with Gasteiger partial charge >= 0.3 is 0 Å². The topological polar surface area (TPSA) is 104 Å². The molecule has 2 aliphatic heterocycles. The van der Waals surface area contributed by atoms with E-state index in [0.29, 0.717) is 24.7 Å². The Morgan fingerprint density at radius 2 is 1.90 bits per heavy atom. The number of fused-ring (bicyclic) bond motifs is 1. The lowest BCUT2D eigenvalue weighted by molar-refractivity contribution is -0.119. The predicted molar refractivity (Wildman–Crippen MR) is 119 cm³/mol. The molecule has 0 radical (unpaired) electrons. The first-order chi connectivity index (χ1) is 14.8. The molecule has 10 heteroatoms. The van der Waals surface area contributed by atoms with E-state index in [0.717, 1.165) is 24.3 Å². The van der Waals surface area contributed by atoms with Crippen molar-refractivity contribution in [2.24, 2.45) is 0 Å². The summed E-state index contributed by atoms with van der Waals surface area (Å²) in [7, 11) is -0.403. The molecule has 3 heterocycles. The van der Waals surface area contributed by atoms with Gasteiger partial charge in [-0.05, 0) is 57.1 Å². The fourth-order valence-electron chi connectivity index (χ4n) is 4.12. The average molecular weight is 446 g/mol. The van der Waals surface area contributed by atoms with Crippen molar-refractivity contribution in [1.82, 2.24) is 9.71 Å². The molecular weight excluding hydrogens is 418 g/mol. The van der Waals surface area contributed by atoms with Crippen LogP contribution in [0.1, 0.15) is 19.8 Å². The van der Waals surface area contributed by atoms with Gasteiger partial charge in [-0.25, -0.2) is 18.1 Å². The van der Waals surface area contributed by atoms with E-state index in [1.807, 2.05) is 13.0 Å². The number of anilines is 4. The highest BCUT2D eigenvalue weighted by atomic mass is 32.2. The van der Waals surface area contributed by atoms with E-state index in [-0.39, 0.29) is 22.9 Å². The van der Waals surface area contributed by atoms with E-state index in [1.165, 1.54) is 13.1 Å². The van der Waals surface area contributed by atoms with E-state index in [9.17, 15) is 13.2 Å².